The lowest BCUT2D eigenvalue weighted by molar-refractivity contribution is -0.153. The second kappa shape index (κ2) is 34.6. The summed E-state index contributed by atoms with van der Waals surface area (Å²) in [6.07, 6.45) is 3.26. The van der Waals surface area contributed by atoms with Crippen LogP contribution < -0.4 is 41.8 Å². The van der Waals surface area contributed by atoms with Crippen molar-refractivity contribution in [2.45, 2.75) is 156 Å². The fourth-order valence-electron chi connectivity index (χ4n) is 9.47. The predicted molar refractivity (Wildman–Crippen MR) is 309 cm³/mol. The summed E-state index contributed by atoms with van der Waals surface area (Å²) >= 11 is 0. The van der Waals surface area contributed by atoms with Crippen molar-refractivity contribution >= 4 is 65.1 Å². The number of esters is 1. The summed E-state index contributed by atoms with van der Waals surface area (Å²) < 4.78 is 27.9. The van der Waals surface area contributed by atoms with E-state index in [1.165, 1.54) is 50.3 Å². The number of hydrogen-bond donors (Lipinski definition) is 6. The molecule has 0 saturated carbocycles. The molecule has 1 aliphatic heterocycles. The number of unbranched alkanes of at least 4 members (excludes halogenated alkanes) is 2. The van der Waals surface area contributed by atoms with Crippen molar-refractivity contribution in [3.8, 4) is 11.5 Å². The first-order valence-corrected chi connectivity index (χ1v) is 28.2. The number of imide groups is 1. The van der Waals surface area contributed by atoms with Gasteiger partial charge in [-0.1, -0.05) is 80.4 Å². The Kier molecular flexibility index (Phi) is 29.0. The summed E-state index contributed by atoms with van der Waals surface area (Å²) in [6.45, 7) is 14.6. The van der Waals surface area contributed by atoms with Crippen molar-refractivity contribution in [2.75, 3.05) is 53.8 Å². The van der Waals surface area contributed by atoms with Gasteiger partial charge in [0.15, 0.2) is 0 Å². The first kappa shape index (κ1) is 69.5. The van der Waals surface area contributed by atoms with Crippen LogP contribution in [0.3, 0.4) is 0 Å². The van der Waals surface area contributed by atoms with E-state index in [9.17, 15) is 47.9 Å². The number of nitrogens with zero attached hydrogens (tertiary/aromatic N) is 3. The Morgan fingerprint density at radius 1 is 0.687 bits per heavy atom. The van der Waals surface area contributed by atoms with Crippen LogP contribution in [0.5, 0.6) is 11.5 Å². The molecule has 2 aromatic carbocycles. The van der Waals surface area contributed by atoms with E-state index in [4.69, 9.17) is 29.4 Å². The molecule has 0 spiro atoms. The van der Waals surface area contributed by atoms with Crippen LogP contribution in [0.4, 0.5) is 15.3 Å². The molecule has 24 nitrogen and oxygen atoms in total. The number of nitrogens with two attached hydrogens (primary N) is 1. The number of benzene rings is 2. The van der Waals surface area contributed by atoms with Crippen LogP contribution in [-0.4, -0.2) is 159 Å². The van der Waals surface area contributed by atoms with Gasteiger partial charge in [0.25, 0.3) is 11.8 Å². The highest BCUT2D eigenvalue weighted by Gasteiger charge is 2.40. The average Bonchev–Trinajstić information content (AvgIpc) is 3.99. The van der Waals surface area contributed by atoms with Crippen LogP contribution in [0.15, 0.2) is 54.6 Å². The van der Waals surface area contributed by atoms with Crippen LogP contribution in [0.25, 0.3) is 0 Å². The summed E-state index contributed by atoms with van der Waals surface area (Å²) in [7, 11) is 7.55. The number of urea groups is 1. The van der Waals surface area contributed by atoms with Gasteiger partial charge in [0.05, 0.1) is 32.8 Å². The number of amides is 10. The molecule has 0 radical (unpaired) electrons. The number of hydrogen-bond acceptors (Lipinski definition) is 15. The molecular weight excluding hydrogens is 1070 g/mol. The molecule has 460 valence electrons. The summed E-state index contributed by atoms with van der Waals surface area (Å²) in [5.74, 6) is -4.14. The third kappa shape index (κ3) is 21.8. The van der Waals surface area contributed by atoms with Gasteiger partial charge in [0.1, 0.15) is 48.9 Å². The van der Waals surface area contributed by atoms with E-state index >= 15 is 0 Å². The lowest BCUT2D eigenvalue weighted by Crippen LogP contribution is -2.60. The van der Waals surface area contributed by atoms with Gasteiger partial charge in [-0.15, -0.1) is 0 Å². The molecule has 10 amide bonds. The molecule has 1 unspecified atom stereocenters. The Morgan fingerprint density at radius 3 is 1.90 bits per heavy atom. The number of carbonyl (C=O) groups is 10. The molecule has 2 aromatic rings. The average molecular weight is 1160 g/mol. The normalized spacial score (nSPS) is 14.6. The number of nitrogens with one attached hydrogen (secondary N) is 5. The summed E-state index contributed by atoms with van der Waals surface area (Å²) in [6, 6.07) is 5.98. The molecule has 0 aromatic heterocycles. The maximum Gasteiger partial charge on any atom is 0.410 e. The number of rotatable bonds is 35. The maximum atomic E-state index is 14.5. The number of primary amides is 1. The van der Waals surface area contributed by atoms with Crippen LogP contribution in [0.1, 0.15) is 118 Å². The van der Waals surface area contributed by atoms with Gasteiger partial charge in [-0.3, -0.25) is 48.2 Å². The van der Waals surface area contributed by atoms with Crippen LogP contribution in [0, 0.1) is 23.7 Å². The number of anilines is 1. The van der Waals surface area contributed by atoms with Gasteiger partial charge in [-0.05, 0) is 79.2 Å². The van der Waals surface area contributed by atoms with Crippen molar-refractivity contribution in [3.05, 3.63) is 65.7 Å². The highest BCUT2D eigenvalue weighted by atomic mass is 16.6. The van der Waals surface area contributed by atoms with E-state index < -0.39 is 89.9 Å². The van der Waals surface area contributed by atoms with Crippen molar-refractivity contribution < 1.29 is 71.6 Å². The SMILES string of the molecule is CC[C@H](C)[C@@H]([C@H](CC(=O)OCc1ccc(OC)cc1OC)OC)N(C)C(=O)[C@@H](NC(=O)C(C(C)C)N(C)C(=O)OCc1ccc(NC(=O)[C@H](CCCNC(N)=O)NC(=O)[C@@H](NC(=O)CCCCCN2C(=O)C=CC2=O)C(C)C)cc1)C(C)C. The monoisotopic (exact) mass is 1160 g/mol. The summed E-state index contributed by atoms with van der Waals surface area (Å²) in [5.41, 5.74) is 6.73. The zero-order valence-corrected chi connectivity index (χ0v) is 50.5. The zero-order chi connectivity index (χ0) is 62.1. The third-order valence-electron chi connectivity index (χ3n) is 14.4. The maximum absolute atomic E-state index is 14.5. The van der Waals surface area contributed by atoms with Gasteiger partial charge in [-0.2, -0.15) is 0 Å². The highest BCUT2D eigenvalue weighted by molar-refractivity contribution is 6.12. The topological polar surface area (TPSA) is 313 Å². The number of methoxy groups -OCH3 is 3. The third-order valence-corrected chi connectivity index (χ3v) is 14.4. The van der Waals surface area contributed by atoms with Crippen LogP contribution in [0.2, 0.25) is 0 Å². The molecule has 0 bridgehead atoms. The van der Waals surface area contributed by atoms with E-state index in [2.05, 4.69) is 26.6 Å². The molecule has 7 atom stereocenters. The molecule has 0 fully saturated rings. The Balaban J connectivity index is 1.64. The molecule has 3 rings (SSSR count). The van der Waals surface area contributed by atoms with Crippen molar-refractivity contribution in [3.63, 3.8) is 0 Å². The largest absolute Gasteiger partial charge is 0.497 e. The van der Waals surface area contributed by atoms with Gasteiger partial charge in [0, 0.05) is 70.2 Å². The van der Waals surface area contributed by atoms with Crippen molar-refractivity contribution in [2.24, 2.45) is 29.4 Å². The minimum Gasteiger partial charge on any atom is -0.497 e. The van der Waals surface area contributed by atoms with E-state index in [1.807, 2.05) is 13.8 Å². The summed E-state index contributed by atoms with van der Waals surface area (Å²) in [5, 5.41) is 13.7. The fraction of sp³-hybridized carbons (Fsp3) is 0.593. The number of likely N-dealkylation sites (N-methyl/N-ethyl adjacent to an activating group) is 2. The van der Waals surface area contributed by atoms with E-state index in [0.29, 0.717) is 54.0 Å². The molecule has 24 heteroatoms. The van der Waals surface area contributed by atoms with Gasteiger partial charge >= 0.3 is 18.1 Å². The van der Waals surface area contributed by atoms with Crippen molar-refractivity contribution in [1.82, 2.24) is 36.0 Å². The standard InChI is InChI=1S/C59H89N9O15/c1-14-38(8)53(45(81-13)32-49(72)82-34-40-23-26-42(79-11)31-44(40)80-12)66(9)57(76)51(36(4)5)65-56(75)52(37(6)7)67(10)59(78)83-33-39-21-24-41(25-22-39)62-54(73)43(19-18-29-61-58(60)77)63-55(74)50(35(2)3)64-46(69)20-16-15-17-30-68-47(70)27-28-48(68)71/h21-28,31,35-38,43,45,50-53H,14-20,29-30,32-34H2,1-13H3,(H,62,73)(H,63,74)(H,64,69)(H,65,75)(H3,60,61,77)/t38-,43-,45-,50-,51-,52?,53-/m0/s1. The molecule has 0 saturated heterocycles. The minimum atomic E-state index is -1.10. The Bertz CT molecular complexity index is 2540. The predicted octanol–water partition coefficient (Wildman–Crippen LogP) is 4.96. The number of carbonyl (C=O) groups excluding carboxylic acids is 10. The Morgan fingerprint density at radius 2 is 1.34 bits per heavy atom. The summed E-state index contributed by atoms with van der Waals surface area (Å²) in [4.78, 5) is 135. The van der Waals surface area contributed by atoms with Gasteiger partial charge in [0.2, 0.25) is 29.5 Å². The van der Waals surface area contributed by atoms with Crippen molar-refractivity contribution in [1.29, 1.82) is 0 Å². The smallest absolute Gasteiger partial charge is 0.410 e. The van der Waals surface area contributed by atoms with E-state index in [-0.39, 0.29) is 81.5 Å². The molecular formula is C59H89N9O15. The zero-order valence-electron chi connectivity index (χ0n) is 50.5. The fourth-order valence-corrected chi connectivity index (χ4v) is 9.47. The second-order valence-corrected chi connectivity index (χ2v) is 21.7. The lowest BCUT2D eigenvalue weighted by Gasteiger charge is -2.40. The Labute approximate surface area is 487 Å². The minimum absolute atomic E-state index is 0.0679. The number of ether oxygens (including phenoxy) is 5. The highest BCUT2D eigenvalue weighted by Crippen LogP contribution is 2.27. The van der Waals surface area contributed by atoms with Crippen LogP contribution >= 0.6 is 0 Å². The van der Waals surface area contributed by atoms with E-state index in [0.717, 1.165) is 4.90 Å². The molecule has 0 aliphatic carbocycles. The molecule has 1 heterocycles. The molecule has 1 aliphatic rings. The Hall–Kier alpha value is -7.76. The lowest BCUT2D eigenvalue weighted by atomic mass is 9.90. The first-order chi connectivity index (χ1) is 39.3. The quantitative estimate of drug-likeness (QED) is 0.0302. The van der Waals surface area contributed by atoms with Gasteiger partial charge in [-0.25, -0.2) is 9.59 Å². The van der Waals surface area contributed by atoms with Crippen LogP contribution in [-0.2, 0) is 65.8 Å². The van der Waals surface area contributed by atoms with Gasteiger partial charge < -0.3 is 60.9 Å². The molecule has 7 N–H and O–H groups in total. The second-order valence-electron chi connectivity index (χ2n) is 21.7. The van der Waals surface area contributed by atoms with E-state index in [1.54, 1.807) is 91.1 Å². The molecule has 83 heavy (non-hydrogen) atoms. The first-order valence-electron chi connectivity index (χ1n) is 28.2.